The van der Waals surface area contributed by atoms with E-state index in [2.05, 4.69) is 26.7 Å². The monoisotopic (exact) mass is 438 g/mol. The van der Waals surface area contributed by atoms with E-state index in [1.165, 1.54) is 12.4 Å². The van der Waals surface area contributed by atoms with E-state index in [9.17, 15) is 14.3 Å². The van der Waals surface area contributed by atoms with Crippen molar-refractivity contribution in [2.45, 2.75) is 31.7 Å². The van der Waals surface area contributed by atoms with Crippen LogP contribution in [0.1, 0.15) is 29.8 Å². The Morgan fingerprint density at radius 3 is 2.81 bits per heavy atom. The van der Waals surface area contributed by atoms with Crippen molar-refractivity contribution in [3.63, 3.8) is 0 Å². The second-order valence-electron chi connectivity index (χ2n) is 8.10. The third kappa shape index (κ3) is 4.12. The van der Waals surface area contributed by atoms with Gasteiger partial charge in [0.25, 0.3) is 5.91 Å². The molecule has 32 heavy (non-hydrogen) atoms. The number of halogens is 1. The Hall–Kier alpha value is -3.55. The summed E-state index contributed by atoms with van der Waals surface area (Å²) in [4.78, 5) is 21.5. The average molecular weight is 438 g/mol. The van der Waals surface area contributed by atoms with Gasteiger partial charge >= 0.3 is 0 Å². The third-order valence-corrected chi connectivity index (χ3v) is 5.21. The first-order valence-corrected chi connectivity index (χ1v) is 10.2. The molecule has 1 atom stereocenters. The second-order valence-corrected chi connectivity index (χ2v) is 8.10. The Labute approximate surface area is 183 Å². The Balaban J connectivity index is 1.60. The molecular formula is C22H23FN6O3. The van der Waals surface area contributed by atoms with Crippen LogP contribution in [-0.2, 0) is 4.74 Å². The molecule has 4 rings (SSSR count). The molecule has 0 aromatic carbocycles. The van der Waals surface area contributed by atoms with Gasteiger partial charge in [0.15, 0.2) is 6.17 Å². The summed E-state index contributed by atoms with van der Waals surface area (Å²) in [6.07, 6.45) is 3.06. The van der Waals surface area contributed by atoms with Crippen molar-refractivity contribution in [2.24, 2.45) is 0 Å². The van der Waals surface area contributed by atoms with Crippen molar-refractivity contribution in [3.8, 4) is 11.9 Å². The zero-order valence-corrected chi connectivity index (χ0v) is 17.7. The molecule has 1 unspecified atom stereocenters. The van der Waals surface area contributed by atoms with Crippen LogP contribution < -0.4 is 10.6 Å². The van der Waals surface area contributed by atoms with E-state index in [0.717, 1.165) is 5.39 Å². The number of carbonyl (C=O) groups excluding carboxylic acids is 1. The van der Waals surface area contributed by atoms with Crippen LogP contribution in [-0.4, -0.2) is 63.1 Å². The van der Waals surface area contributed by atoms with Gasteiger partial charge in [0.1, 0.15) is 23.1 Å². The Kier molecular flexibility index (Phi) is 5.78. The summed E-state index contributed by atoms with van der Waals surface area (Å²) in [6, 6.07) is 7.37. The molecule has 1 fully saturated rings. The molecule has 0 saturated carbocycles. The number of anilines is 1. The minimum absolute atomic E-state index is 0.0243. The Bertz CT molecular complexity index is 1200. The Morgan fingerprint density at radius 1 is 1.38 bits per heavy atom. The number of hydrogen-bond acceptors (Lipinski definition) is 7. The molecule has 166 valence electrons. The number of carbonyl (C=O) groups is 1. The minimum atomic E-state index is -1.63. The predicted octanol–water partition coefficient (Wildman–Crippen LogP) is 1.94. The van der Waals surface area contributed by atoms with Crippen molar-refractivity contribution in [3.05, 3.63) is 47.9 Å². The summed E-state index contributed by atoms with van der Waals surface area (Å²) in [7, 11) is 0. The van der Waals surface area contributed by atoms with Crippen LogP contribution in [0.25, 0.3) is 16.9 Å². The van der Waals surface area contributed by atoms with Gasteiger partial charge < -0.3 is 20.5 Å². The fourth-order valence-corrected chi connectivity index (χ4v) is 3.42. The SMILES string of the molecule is CC(C)Nc1cc(-n2ccc3cc(C#N)cnc32)ncc1C(=O)NCC(F)C1(O)COC1. The highest BCUT2D eigenvalue weighted by atomic mass is 19.1. The first-order valence-electron chi connectivity index (χ1n) is 10.2. The first-order chi connectivity index (χ1) is 15.3. The highest BCUT2D eigenvalue weighted by Crippen LogP contribution is 2.25. The van der Waals surface area contributed by atoms with Crippen molar-refractivity contribution < 1.29 is 19.0 Å². The molecule has 0 spiro atoms. The summed E-state index contributed by atoms with van der Waals surface area (Å²) in [5, 5.41) is 25.6. The van der Waals surface area contributed by atoms with Crippen LogP contribution in [0.3, 0.4) is 0 Å². The van der Waals surface area contributed by atoms with Gasteiger partial charge in [0.05, 0.1) is 36.6 Å². The molecule has 3 aromatic rings. The summed E-state index contributed by atoms with van der Waals surface area (Å²) in [6.45, 7) is 3.35. The van der Waals surface area contributed by atoms with Gasteiger partial charge in [0.2, 0.25) is 0 Å². The molecule has 1 aliphatic rings. The maximum absolute atomic E-state index is 14.3. The number of aliphatic hydroxyl groups is 1. The van der Waals surface area contributed by atoms with Crippen molar-refractivity contribution >= 4 is 22.6 Å². The van der Waals surface area contributed by atoms with Crippen LogP contribution in [0.4, 0.5) is 10.1 Å². The molecule has 1 amide bonds. The molecule has 3 aromatic heterocycles. The molecule has 3 N–H and O–H groups in total. The quantitative estimate of drug-likeness (QED) is 0.515. The van der Waals surface area contributed by atoms with Crippen LogP contribution >= 0.6 is 0 Å². The number of rotatable bonds is 7. The maximum atomic E-state index is 14.3. The lowest BCUT2D eigenvalue weighted by Crippen LogP contribution is -2.59. The molecule has 1 saturated heterocycles. The highest BCUT2D eigenvalue weighted by Gasteiger charge is 2.44. The molecule has 0 aliphatic carbocycles. The number of aromatic nitrogens is 3. The molecule has 1 aliphatic heterocycles. The normalized spacial score (nSPS) is 15.8. The molecule has 0 radical (unpaired) electrons. The molecule has 4 heterocycles. The van der Waals surface area contributed by atoms with Crippen molar-refractivity contribution in [1.29, 1.82) is 5.26 Å². The van der Waals surface area contributed by atoms with Crippen molar-refractivity contribution in [1.82, 2.24) is 19.9 Å². The fourth-order valence-electron chi connectivity index (χ4n) is 3.42. The largest absolute Gasteiger partial charge is 0.382 e. The first kappa shape index (κ1) is 21.7. The zero-order valence-electron chi connectivity index (χ0n) is 17.7. The lowest BCUT2D eigenvalue weighted by Gasteiger charge is -2.38. The maximum Gasteiger partial charge on any atom is 0.255 e. The topological polar surface area (TPSA) is 125 Å². The molecule has 10 heteroatoms. The number of nitrogens with one attached hydrogen (secondary N) is 2. The van der Waals surface area contributed by atoms with E-state index in [1.54, 1.807) is 22.9 Å². The average Bonchev–Trinajstić information content (AvgIpc) is 3.18. The standard InChI is InChI=1S/C22H23FN6O3/c1-13(2)28-17-6-19(29-4-3-15-5-14(7-24)8-26-20(15)29)25-9-16(17)21(30)27-10-18(23)22(31)11-32-12-22/h3-6,8-9,13,18,31H,10-12H2,1-2H3,(H,25,28)(H,27,30). The van der Waals surface area contributed by atoms with Crippen LogP contribution in [0, 0.1) is 11.3 Å². The van der Waals surface area contributed by atoms with Crippen LogP contribution in [0.15, 0.2) is 36.8 Å². The van der Waals surface area contributed by atoms with Gasteiger partial charge in [-0.15, -0.1) is 0 Å². The summed E-state index contributed by atoms with van der Waals surface area (Å²) in [5.41, 5.74) is 0.311. The molecule has 0 bridgehead atoms. The smallest absolute Gasteiger partial charge is 0.255 e. The number of hydrogen-bond donors (Lipinski definition) is 3. The lowest BCUT2D eigenvalue weighted by atomic mass is 9.96. The van der Waals surface area contributed by atoms with Crippen LogP contribution in [0.5, 0.6) is 0 Å². The van der Waals surface area contributed by atoms with Gasteiger partial charge in [0, 0.05) is 36.1 Å². The lowest BCUT2D eigenvalue weighted by molar-refractivity contribution is -0.208. The number of nitriles is 1. The number of ether oxygens (including phenoxy) is 1. The number of nitrogens with zero attached hydrogens (tertiary/aromatic N) is 4. The minimum Gasteiger partial charge on any atom is -0.382 e. The third-order valence-electron chi connectivity index (χ3n) is 5.21. The van der Waals surface area contributed by atoms with Crippen LogP contribution in [0.2, 0.25) is 0 Å². The molecule has 9 nitrogen and oxygen atoms in total. The number of alkyl halides is 1. The van der Waals surface area contributed by atoms with Gasteiger partial charge in [-0.05, 0) is 26.0 Å². The second kappa shape index (κ2) is 8.53. The highest BCUT2D eigenvalue weighted by molar-refractivity contribution is 5.99. The van der Waals surface area contributed by atoms with Crippen molar-refractivity contribution in [2.75, 3.05) is 25.1 Å². The van der Waals surface area contributed by atoms with E-state index in [-0.39, 0.29) is 31.4 Å². The van der Waals surface area contributed by atoms with Gasteiger partial charge in [-0.25, -0.2) is 14.4 Å². The summed E-state index contributed by atoms with van der Waals surface area (Å²) in [5.74, 6) is 0.0223. The predicted molar refractivity (Wildman–Crippen MR) is 115 cm³/mol. The summed E-state index contributed by atoms with van der Waals surface area (Å²) < 4.78 is 20.9. The Morgan fingerprint density at radius 2 is 2.16 bits per heavy atom. The number of pyridine rings is 2. The van der Waals surface area contributed by atoms with Gasteiger partial charge in [-0.3, -0.25) is 9.36 Å². The summed E-state index contributed by atoms with van der Waals surface area (Å²) >= 11 is 0. The fraction of sp³-hybridized carbons (Fsp3) is 0.364. The van der Waals surface area contributed by atoms with E-state index >= 15 is 0 Å². The molecular weight excluding hydrogens is 415 g/mol. The van der Waals surface area contributed by atoms with E-state index in [0.29, 0.717) is 22.7 Å². The van der Waals surface area contributed by atoms with E-state index < -0.39 is 17.7 Å². The van der Waals surface area contributed by atoms with Gasteiger partial charge in [-0.1, -0.05) is 0 Å². The zero-order chi connectivity index (χ0) is 22.9. The number of fused-ring (bicyclic) bond motifs is 1. The van der Waals surface area contributed by atoms with Gasteiger partial charge in [-0.2, -0.15) is 5.26 Å². The number of amides is 1. The van der Waals surface area contributed by atoms with E-state index in [4.69, 9.17) is 10.00 Å². The van der Waals surface area contributed by atoms with E-state index in [1.807, 2.05) is 19.9 Å².